The van der Waals surface area contributed by atoms with Gasteiger partial charge >= 0.3 is 5.97 Å². The second-order valence-electron chi connectivity index (χ2n) is 5.67. The van der Waals surface area contributed by atoms with Crippen LogP contribution in [0.4, 0.5) is 0 Å². The number of carbonyl (C=O) groups excluding carboxylic acids is 1. The third-order valence-electron chi connectivity index (χ3n) is 3.40. The van der Waals surface area contributed by atoms with Crippen molar-refractivity contribution in [1.82, 2.24) is 4.98 Å². The number of nitrogens with zero attached hydrogens (tertiary/aromatic N) is 1. The highest BCUT2D eigenvalue weighted by atomic mass is 16.5. The van der Waals surface area contributed by atoms with E-state index in [0.29, 0.717) is 11.5 Å². The Kier molecular flexibility index (Phi) is 4.73. The summed E-state index contributed by atoms with van der Waals surface area (Å²) in [7, 11) is 1.39. The second-order valence-corrected chi connectivity index (χ2v) is 5.67. The maximum atomic E-state index is 11.6. The highest BCUT2D eigenvalue weighted by Crippen LogP contribution is 2.21. The van der Waals surface area contributed by atoms with Crippen molar-refractivity contribution in [3.63, 3.8) is 0 Å². The van der Waals surface area contributed by atoms with Crippen LogP contribution in [0.2, 0.25) is 0 Å². The predicted octanol–water partition coefficient (Wildman–Crippen LogP) is 4.04. The van der Waals surface area contributed by atoms with Gasteiger partial charge in [-0.3, -0.25) is 4.98 Å². The third kappa shape index (κ3) is 3.69. The van der Waals surface area contributed by atoms with Gasteiger partial charge in [0.2, 0.25) is 0 Å². The number of hydrogen-bond acceptors (Lipinski definition) is 3. The number of benzene rings is 1. The quantitative estimate of drug-likeness (QED) is 0.795. The molecule has 0 unspecified atom stereocenters. The summed E-state index contributed by atoms with van der Waals surface area (Å²) in [5, 5.41) is 0. The Morgan fingerprint density at radius 2 is 2.00 bits per heavy atom. The van der Waals surface area contributed by atoms with E-state index in [4.69, 9.17) is 4.74 Å². The molecule has 1 aromatic heterocycles. The van der Waals surface area contributed by atoms with Crippen molar-refractivity contribution in [2.45, 2.75) is 27.2 Å². The summed E-state index contributed by atoms with van der Waals surface area (Å²) in [6, 6.07) is 9.82. The predicted molar refractivity (Wildman–Crippen MR) is 84.3 cm³/mol. The lowest BCUT2D eigenvalue weighted by molar-refractivity contribution is 0.0600. The number of hydrogen-bond donors (Lipinski definition) is 0. The Balaban J connectivity index is 2.26. The molecule has 2 aromatic rings. The largest absolute Gasteiger partial charge is 0.465 e. The number of ether oxygens (including phenoxy) is 1. The van der Waals surface area contributed by atoms with Crippen LogP contribution in [-0.4, -0.2) is 18.1 Å². The Morgan fingerprint density at radius 1 is 1.24 bits per heavy atom. The first kappa shape index (κ1) is 15.2. The molecular formula is C18H21NO2. The number of methoxy groups -OCH3 is 1. The third-order valence-corrected chi connectivity index (χ3v) is 3.40. The number of carbonyl (C=O) groups is 1. The number of rotatable bonds is 4. The zero-order valence-electron chi connectivity index (χ0n) is 13.0. The van der Waals surface area contributed by atoms with E-state index in [0.717, 1.165) is 23.2 Å². The number of aromatic nitrogens is 1. The van der Waals surface area contributed by atoms with Gasteiger partial charge in [-0.15, -0.1) is 0 Å². The first-order valence-corrected chi connectivity index (χ1v) is 7.15. The van der Waals surface area contributed by atoms with Crippen LogP contribution in [-0.2, 0) is 11.2 Å². The molecule has 0 saturated heterocycles. The lowest BCUT2D eigenvalue weighted by Crippen LogP contribution is -2.03. The molecule has 0 fully saturated rings. The Bertz CT molecular complexity index is 630. The Hall–Kier alpha value is -2.16. The maximum Gasteiger partial charge on any atom is 0.338 e. The fourth-order valence-electron chi connectivity index (χ4n) is 2.35. The van der Waals surface area contributed by atoms with Crippen LogP contribution in [0.5, 0.6) is 0 Å². The number of pyridine rings is 1. The van der Waals surface area contributed by atoms with E-state index >= 15 is 0 Å². The second kappa shape index (κ2) is 6.53. The van der Waals surface area contributed by atoms with Crippen molar-refractivity contribution >= 4 is 5.97 Å². The molecule has 0 N–H and O–H groups in total. The molecule has 0 radical (unpaired) electrons. The summed E-state index contributed by atoms with van der Waals surface area (Å²) in [5.41, 5.74) is 4.67. The maximum absolute atomic E-state index is 11.6. The molecule has 2 rings (SSSR count). The van der Waals surface area contributed by atoms with Gasteiger partial charge in [0.15, 0.2) is 0 Å². The molecule has 1 heterocycles. The van der Waals surface area contributed by atoms with Crippen molar-refractivity contribution in [3.05, 3.63) is 53.2 Å². The molecule has 3 heteroatoms. The molecule has 21 heavy (non-hydrogen) atoms. The minimum Gasteiger partial charge on any atom is -0.465 e. The normalized spacial score (nSPS) is 10.7. The van der Waals surface area contributed by atoms with E-state index in [2.05, 4.69) is 24.9 Å². The van der Waals surface area contributed by atoms with Crippen LogP contribution < -0.4 is 0 Å². The van der Waals surface area contributed by atoms with E-state index < -0.39 is 0 Å². The zero-order valence-corrected chi connectivity index (χ0v) is 13.0. The lowest BCUT2D eigenvalue weighted by Gasteiger charge is -2.08. The smallest absolute Gasteiger partial charge is 0.338 e. The molecule has 3 nitrogen and oxygen atoms in total. The molecule has 0 aliphatic rings. The fourth-order valence-corrected chi connectivity index (χ4v) is 2.35. The van der Waals surface area contributed by atoms with Crippen LogP contribution in [0.25, 0.3) is 11.3 Å². The fraction of sp³-hybridized carbons (Fsp3) is 0.333. The van der Waals surface area contributed by atoms with Crippen molar-refractivity contribution in [3.8, 4) is 11.3 Å². The van der Waals surface area contributed by atoms with E-state index in [-0.39, 0.29) is 5.97 Å². The summed E-state index contributed by atoms with van der Waals surface area (Å²) >= 11 is 0. The summed E-state index contributed by atoms with van der Waals surface area (Å²) < 4.78 is 4.76. The van der Waals surface area contributed by atoms with Gasteiger partial charge < -0.3 is 4.74 Å². The van der Waals surface area contributed by atoms with E-state index in [1.54, 1.807) is 6.07 Å². The monoisotopic (exact) mass is 283 g/mol. The van der Waals surface area contributed by atoms with Crippen LogP contribution in [0, 0.1) is 12.8 Å². The van der Waals surface area contributed by atoms with Crippen molar-refractivity contribution in [2.75, 3.05) is 7.11 Å². The lowest BCUT2D eigenvalue weighted by atomic mass is 10.0. The molecule has 110 valence electrons. The van der Waals surface area contributed by atoms with Crippen LogP contribution in [0.1, 0.15) is 35.3 Å². The standard InChI is InChI=1S/C18H21NO2/c1-12(2)9-14-5-8-17(19-11-14)15-6-7-16(13(3)10-15)18(20)21-4/h5-8,10-12H,9H2,1-4H3. The highest BCUT2D eigenvalue weighted by molar-refractivity contribution is 5.91. The van der Waals surface area contributed by atoms with Crippen LogP contribution in [0.15, 0.2) is 36.5 Å². The molecule has 0 spiro atoms. The minimum absolute atomic E-state index is 0.306. The number of esters is 1. The van der Waals surface area contributed by atoms with E-state index in [1.165, 1.54) is 12.7 Å². The number of aryl methyl sites for hydroxylation is 1. The molecule has 0 aliphatic carbocycles. The molecule has 0 saturated carbocycles. The topological polar surface area (TPSA) is 39.2 Å². The molecular weight excluding hydrogens is 262 g/mol. The van der Waals surface area contributed by atoms with Crippen molar-refractivity contribution in [2.24, 2.45) is 5.92 Å². The van der Waals surface area contributed by atoms with Crippen LogP contribution >= 0.6 is 0 Å². The molecule has 1 aromatic carbocycles. The van der Waals surface area contributed by atoms with Crippen LogP contribution in [0.3, 0.4) is 0 Å². The SMILES string of the molecule is COC(=O)c1ccc(-c2ccc(CC(C)C)cn2)cc1C. The summed E-state index contributed by atoms with van der Waals surface area (Å²) in [4.78, 5) is 16.1. The summed E-state index contributed by atoms with van der Waals surface area (Å²) in [6.45, 7) is 6.30. The minimum atomic E-state index is -0.306. The zero-order chi connectivity index (χ0) is 15.4. The van der Waals surface area contributed by atoms with Gasteiger partial charge in [-0.05, 0) is 48.6 Å². The van der Waals surface area contributed by atoms with Gasteiger partial charge in [-0.2, -0.15) is 0 Å². The average molecular weight is 283 g/mol. The molecule has 0 atom stereocenters. The van der Waals surface area contributed by atoms with Gasteiger partial charge in [0.1, 0.15) is 0 Å². The van der Waals surface area contributed by atoms with E-state index in [1.807, 2.05) is 31.3 Å². The van der Waals surface area contributed by atoms with Gasteiger partial charge in [0.25, 0.3) is 0 Å². The first-order chi connectivity index (χ1) is 10.0. The summed E-state index contributed by atoms with van der Waals surface area (Å²) in [6.07, 6.45) is 2.96. The van der Waals surface area contributed by atoms with Gasteiger partial charge in [0, 0.05) is 11.8 Å². The van der Waals surface area contributed by atoms with Gasteiger partial charge in [-0.1, -0.05) is 26.0 Å². The molecule has 0 aliphatic heterocycles. The first-order valence-electron chi connectivity index (χ1n) is 7.15. The van der Waals surface area contributed by atoms with Crippen molar-refractivity contribution < 1.29 is 9.53 Å². The van der Waals surface area contributed by atoms with Crippen molar-refractivity contribution in [1.29, 1.82) is 0 Å². The average Bonchev–Trinajstić information content (AvgIpc) is 2.46. The Labute approximate surface area is 126 Å². The molecule has 0 bridgehead atoms. The van der Waals surface area contributed by atoms with E-state index in [9.17, 15) is 4.79 Å². The molecule has 0 amide bonds. The Morgan fingerprint density at radius 3 is 2.52 bits per heavy atom. The van der Waals surface area contributed by atoms with Gasteiger partial charge in [0.05, 0.1) is 18.4 Å². The summed E-state index contributed by atoms with van der Waals surface area (Å²) in [5.74, 6) is 0.318. The highest BCUT2D eigenvalue weighted by Gasteiger charge is 2.10. The van der Waals surface area contributed by atoms with Gasteiger partial charge in [-0.25, -0.2) is 4.79 Å².